The van der Waals surface area contributed by atoms with E-state index in [2.05, 4.69) is 19.9 Å². The van der Waals surface area contributed by atoms with E-state index >= 15 is 0 Å². The largest absolute Gasteiger partial charge is 0.433 e. The van der Waals surface area contributed by atoms with Crippen molar-refractivity contribution >= 4 is 11.0 Å². The molecular weight excluding hydrogens is 293 g/mol. The van der Waals surface area contributed by atoms with Gasteiger partial charge in [0.1, 0.15) is 11.2 Å². The van der Waals surface area contributed by atoms with E-state index in [0.29, 0.717) is 22.3 Å². The summed E-state index contributed by atoms with van der Waals surface area (Å²) in [7, 11) is 0. The Morgan fingerprint density at radius 3 is 2.27 bits per heavy atom. The van der Waals surface area contributed by atoms with E-state index in [4.69, 9.17) is 0 Å². The molecule has 0 spiro atoms. The number of nitrogens with zero attached hydrogens (tertiary/aromatic N) is 4. The van der Waals surface area contributed by atoms with E-state index in [1.54, 1.807) is 12.3 Å². The molecule has 0 unspecified atom stereocenters. The molecular formula is C15H11F3N4. The summed E-state index contributed by atoms with van der Waals surface area (Å²) in [6.45, 7) is 3.67. The quantitative estimate of drug-likeness (QED) is 0.687. The molecule has 0 saturated heterocycles. The molecule has 3 aromatic heterocycles. The normalized spacial score (nSPS) is 11.9. The SMILES string of the molecule is Cc1nc2ccnc(-c3ccc(C(F)(F)F)nc3)c2nc1C. The monoisotopic (exact) mass is 304 g/mol. The fraction of sp³-hybridized carbons (Fsp3) is 0.200. The number of halogens is 3. The second kappa shape index (κ2) is 5.01. The molecule has 0 atom stereocenters. The van der Waals surface area contributed by atoms with Crippen LogP contribution in [0.5, 0.6) is 0 Å². The van der Waals surface area contributed by atoms with Crippen LogP contribution >= 0.6 is 0 Å². The Labute approximate surface area is 124 Å². The molecule has 3 aromatic rings. The first-order valence-corrected chi connectivity index (χ1v) is 6.50. The first-order valence-electron chi connectivity index (χ1n) is 6.50. The van der Waals surface area contributed by atoms with Crippen LogP contribution in [0.3, 0.4) is 0 Å². The molecule has 0 aliphatic carbocycles. The maximum Gasteiger partial charge on any atom is 0.433 e. The third-order valence-corrected chi connectivity index (χ3v) is 3.32. The Bertz CT molecular complexity index is 842. The van der Waals surface area contributed by atoms with Crippen molar-refractivity contribution < 1.29 is 13.2 Å². The van der Waals surface area contributed by atoms with E-state index in [1.165, 1.54) is 6.07 Å². The first-order chi connectivity index (χ1) is 10.4. The summed E-state index contributed by atoms with van der Waals surface area (Å²) < 4.78 is 37.7. The lowest BCUT2D eigenvalue weighted by atomic mass is 10.1. The summed E-state index contributed by atoms with van der Waals surface area (Å²) in [4.78, 5) is 16.5. The Hall–Kier alpha value is -2.57. The van der Waals surface area contributed by atoms with Crippen LogP contribution < -0.4 is 0 Å². The van der Waals surface area contributed by atoms with Crippen LogP contribution in [0, 0.1) is 13.8 Å². The number of fused-ring (bicyclic) bond motifs is 1. The summed E-state index contributed by atoms with van der Waals surface area (Å²) in [6, 6.07) is 3.99. The van der Waals surface area contributed by atoms with E-state index in [0.717, 1.165) is 23.7 Å². The van der Waals surface area contributed by atoms with Crippen LogP contribution in [0.2, 0.25) is 0 Å². The molecule has 0 amide bonds. The molecule has 0 aliphatic heterocycles. The summed E-state index contributed by atoms with van der Waals surface area (Å²) >= 11 is 0. The highest BCUT2D eigenvalue weighted by atomic mass is 19.4. The van der Waals surface area contributed by atoms with E-state index in [9.17, 15) is 13.2 Å². The van der Waals surface area contributed by atoms with Crippen molar-refractivity contribution in [3.05, 3.63) is 47.7 Å². The van der Waals surface area contributed by atoms with Crippen molar-refractivity contribution in [2.75, 3.05) is 0 Å². The minimum absolute atomic E-state index is 0.467. The smallest absolute Gasteiger partial charge is 0.254 e. The van der Waals surface area contributed by atoms with Crippen molar-refractivity contribution in [3.8, 4) is 11.3 Å². The lowest BCUT2D eigenvalue weighted by molar-refractivity contribution is -0.141. The summed E-state index contributed by atoms with van der Waals surface area (Å²) in [5.74, 6) is 0. The highest BCUT2D eigenvalue weighted by Gasteiger charge is 2.32. The van der Waals surface area contributed by atoms with Crippen molar-refractivity contribution in [3.63, 3.8) is 0 Å². The van der Waals surface area contributed by atoms with Crippen LogP contribution in [0.25, 0.3) is 22.3 Å². The van der Waals surface area contributed by atoms with Gasteiger partial charge in [0.15, 0.2) is 0 Å². The average Bonchev–Trinajstić information content (AvgIpc) is 2.47. The number of pyridine rings is 2. The average molecular weight is 304 g/mol. The topological polar surface area (TPSA) is 51.6 Å². The Kier molecular flexibility index (Phi) is 3.27. The number of alkyl halides is 3. The number of hydrogen-bond acceptors (Lipinski definition) is 4. The Morgan fingerprint density at radius 1 is 0.909 bits per heavy atom. The van der Waals surface area contributed by atoms with Crippen molar-refractivity contribution in [2.45, 2.75) is 20.0 Å². The second-order valence-corrected chi connectivity index (χ2v) is 4.85. The van der Waals surface area contributed by atoms with Gasteiger partial charge in [0.05, 0.1) is 22.6 Å². The van der Waals surface area contributed by atoms with Gasteiger partial charge in [-0.2, -0.15) is 13.2 Å². The summed E-state index contributed by atoms with van der Waals surface area (Å²) in [6.07, 6.45) is -1.75. The lowest BCUT2D eigenvalue weighted by Crippen LogP contribution is -2.07. The zero-order valence-corrected chi connectivity index (χ0v) is 11.8. The number of aromatic nitrogens is 4. The van der Waals surface area contributed by atoms with Gasteiger partial charge in [-0.1, -0.05) is 0 Å². The lowest BCUT2D eigenvalue weighted by Gasteiger charge is -2.08. The molecule has 0 N–H and O–H groups in total. The zero-order chi connectivity index (χ0) is 15.9. The fourth-order valence-electron chi connectivity index (χ4n) is 2.07. The summed E-state index contributed by atoms with van der Waals surface area (Å²) in [5, 5.41) is 0. The number of hydrogen-bond donors (Lipinski definition) is 0. The van der Waals surface area contributed by atoms with E-state index < -0.39 is 11.9 Å². The van der Waals surface area contributed by atoms with Gasteiger partial charge in [-0.25, -0.2) is 9.97 Å². The minimum atomic E-state index is -4.46. The zero-order valence-electron chi connectivity index (χ0n) is 11.8. The summed E-state index contributed by atoms with van der Waals surface area (Å²) in [5.41, 5.74) is 2.75. The Morgan fingerprint density at radius 2 is 1.64 bits per heavy atom. The second-order valence-electron chi connectivity index (χ2n) is 4.85. The van der Waals surface area contributed by atoms with Crippen molar-refractivity contribution in [1.82, 2.24) is 19.9 Å². The minimum Gasteiger partial charge on any atom is -0.254 e. The van der Waals surface area contributed by atoms with E-state index in [-0.39, 0.29) is 0 Å². The van der Waals surface area contributed by atoms with Crippen LogP contribution in [0.15, 0.2) is 30.6 Å². The van der Waals surface area contributed by atoms with Crippen LogP contribution in [0.1, 0.15) is 17.1 Å². The van der Waals surface area contributed by atoms with Crippen molar-refractivity contribution in [2.24, 2.45) is 0 Å². The maximum atomic E-state index is 12.6. The van der Waals surface area contributed by atoms with Gasteiger partial charge in [-0.15, -0.1) is 0 Å². The maximum absolute atomic E-state index is 12.6. The highest BCUT2D eigenvalue weighted by molar-refractivity contribution is 5.88. The van der Waals surface area contributed by atoms with Crippen molar-refractivity contribution in [1.29, 1.82) is 0 Å². The molecule has 0 saturated carbocycles. The third-order valence-electron chi connectivity index (χ3n) is 3.32. The predicted molar refractivity (Wildman–Crippen MR) is 75.0 cm³/mol. The molecule has 3 rings (SSSR count). The number of aryl methyl sites for hydroxylation is 2. The molecule has 0 bridgehead atoms. The first kappa shape index (κ1) is 14.4. The van der Waals surface area contributed by atoms with Gasteiger partial charge in [0.2, 0.25) is 0 Å². The van der Waals surface area contributed by atoms with E-state index in [1.807, 2.05) is 13.8 Å². The van der Waals surface area contributed by atoms with Gasteiger partial charge in [-0.3, -0.25) is 9.97 Å². The van der Waals surface area contributed by atoms with Gasteiger partial charge >= 0.3 is 6.18 Å². The molecule has 7 heteroatoms. The standard InChI is InChI=1S/C15H11F3N4/c1-8-9(2)22-14-11(21-8)5-6-19-13(14)10-3-4-12(20-7-10)15(16,17)18/h3-7H,1-2H3. The predicted octanol–water partition coefficient (Wildman–Crippen LogP) is 3.72. The highest BCUT2D eigenvalue weighted by Crippen LogP contribution is 2.30. The third kappa shape index (κ3) is 2.49. The molecule has 4 nitrogen and oxygen atoms in total. The Balaban J connectivity index is 2.16. The fourth-order valence-corrected chi connectivity index (χ4v) is 2.07. The molecule has 0 radical (unpaired) electrons. The van der Waals surface area contributed by atoms with Gasteiger partial charge < -0.3 is 0 Å². The number of rotatable bonds is 1. The van der Waals surface area contributed by atoms with Gasteiger partial charge in [-0.05, 0) is 32.0 Å². The van der Waals surface area contributed by atoms with Crippen LogP contribution in [-0.2, 0) is 6.18 Å². The van der Waals surface area contributed by atoms with Gasteiger partial charge in [0, 0.05) is 18.0 Å². The molecule has 0 aliphatic rings. The molecule has 0 aromatic carbocycles. The van der Waals surface area contributed by atoms with Gasteiger partial charge in [0.25, 0.3) is 0 Å². The molecule has 22 heavy (non-hydrogen) atoms. The van der Waals surface area contributed by atoms with Crippen LogP contribution in [0.4, 0.5) is 13.2 Å². The molecule has 112 valence electrons. The molecule has 0 fully saturated rings. The molecule has 3 heterocycles. The van der Waals surface area contributed by atoms with Crippen LogP contribution in [-0.4, -0.2) is 19.9 Å².